The van der Waals surface area contributed by atoms with Gasteiger partial charge in [0.15, 0.2) is 0 Å². The summed E-state index contributed by atoms with van der Waals surface area (Å²) < 4.78 is 10.5. The van der Waals surface area contributed by atoms with Gasteiger partial charge in [0.05, 0.1) is 18.4 Å². The molecule has 0 aliphatic carbocycles. The number of carbonyl (C=O) groups is 1. The van der Waals surface area contributed by atoms with E-state index in [1.165, 1.54) is 24.4 Å². The Morgan fingerprint density at radius 2 is 1.77 bits per heavy atom. The number of ether oxygens (including phenoxy) is 1. The van der Waals surface area contributed by atoms with Crippen LogP contribution in [-0.2, 0) is 10.5 Å². The quantitative estimate of drug-likeness (QED) is 0.249. The van der Waals surface area contributed by atoms with Gasteiger partial charge >= 0.3 is 5.97 Å². The number of methoxy groups -OCH3 is 1. The smallest absolute Gasteiger partial charge is 0.337 e. The number of thiazole rings is 1. The highest BCUT2D eigenvalue weighted by Crippen LogP contribution is 2.29. The van der Waals surface area contributed by atoms with Crippen molar-refractivity contribution in [1.82, 2.24) is 15.2 Å². The van der Waals surface area contributed by atoms with Gasteiger partial charge in [-0.15, -0.1) is 21.5 Å². The molecule has 0 spiro atoms. The first-order valence-corrected chi connectivity index (χ1v) is 11.6. The predicted octanol–water partition coefficient (Wildman–Crippen LogP) is 6.06. The number of benzene rings is 2. The number of thioether (sulfide) groups is 1. The van der Waals surface area contributed by atoms with Crippen molar-refractivity contribution in [3.05, 3.63) is 70.7 Å². The molecule has 4 rings (SSSR count). The Hall–Kier alpha value is -2.97. The number of aromatic nitrogens is 3. The lowest BCUT2D eigenvalue weighted by molar-refractivity contribution is 0.0600. The molecule has 0 aliphatic rings. The van der Waals surface area contributed by atoms with Crippen LogP contribution in [0.5, 0.6) is 0 Å². The Morgan fingerprint density at radius 1 is 1.06 bits per heavy atom. The summed E-state index contributed by atoms with van der Waals surface area (Å²) in [4.78, 5) is 16.2. The average molecular weight is 452 g/mol. The van der Waals surface area contributed by atoms with Gasteiger partial charge in [-0.1, -0.05) is 49.9 Å². The summed E-state index contributed by atoms with van der Waals surface area (Å²) in [5, 5.41) is 11.7. The molecule has 2 heterocycles. The van der Waals surface area contributed by atoms with Crippen LogP contribution in [-0.4, -0.2) is 28.3 Å². The van der Waals surface area contributed by atoms with E-state index in [2.05, 4.69) is 41.2 Å². The van der Waals surface area contributed by atoms with Gasteiger partial charge in [-0.05, 0) is 35.7 Å². The van der Waals surface area contributed by atoms with Crippen LogP contribution >= 0.6 is 23.1 Å². The molecule has 8 heteroatoms. The second-order valence-electron chi connectivity index (χ2n) is 7.15. The number of hydrogen-bond acceptors (Lipinski definition) is 8. The SMILES string of the molecule is COC(=O)c1ccc(-c2nc(CSc3nnc(-c4ccc(C(C)C)cc4)o3)cs2)cc1. The zero-order valence-corrected chi connectivity index (χ0v) is 19.0. The van der Waals surface area contributed by atoms with Gasteiger partial charge in [-0.3, -0.25) is 0 Å². The van der Waals surface area contributed by atoms with E-state index in [0.29, 0.717) is 28.3 Å². The first-order valence-electron chi connectivity index (χ1n) is 9.73. The van der Waals surface area contributed by atoms with Crippen LogP contribution in [0.25, 0.3) is 22.0 Å². The molecule has 4 aromatic rings. The average Bonchev–Trinajstić information content (AvgIpc) is 3.47. The molecule has 0 N–H and O–H groups in total. The number of esters is 1. The van der Waals surface area contributed by atoms with Crippen molar-refractivity contribution < 1.29 is 13.9 Å². The van der Waals surface area contributed by atoms with Crippen LogP contribution in [0.15, 0.2) is 63.6 Å². The predicted molar refractivity (Wildman–Crippen MR) is 122 cm³/mol. The second kappa shape index (κ2) is 9.45. The minimum absolute atomic E-state index is 0.349. The Kier molecular flexibility index (Phi) is 6.48. The Balaban J connectivity index is 1.38. The van der Waals surface area contributed by atoms with Crippen molar-refractivity contribution >= 4 is 29.1 Å². The summed E-state index contributed by atoms with van der Waals surface area (Å²) in [6.07, 6.45) is 0. The van der Waals surface area contributed by atoms with Crippen LogP contribution in [0, 0.1) is 0 Å². The lowest BCUT2D eigenvalue weighted by Gasteiger charge is -2.04. The molecular weight excluding hydrogens is 430 g/mol. The van der Waals surface area contributed by atoms with Crippen molar-refractivity contribution in [1.29, 1.82) is 0 Å². The monoisotopic (exact) mass is 451 g/mol. The third kappa shape index (κ3) is 5.03. The summed E-state index contributed by atoms with van der Waals surface area (Å²) in [5.41, 5.74) is 4.60. The fourth-order valence-corrected chi connectivity index (χ4v) is 4.49. The van der Waals surface area contributed by atoms with E-state index < -0.39 is 0 Å². The zero-order valence-electron chi connectivity index (χ0n) is 17.4. The van der Waals surface area contributed by atoms with Crippen molar-refractivity contribution in [3.8, 4) is 22.0 Å². The zero-order chi connectivity index (χ0) is 21.8. The number of hydrogen-bond donors (Lipinski definition) is 0. The standard InChI is InChI=1S/C23H21N3O3S2/c1-14(2)15-4-6-16(7-5-15)20-25-26-23(29-20)31-13-19-12-30-21(24-19)17-8-10-18(11-9-17)22(27)28-3/h4-12,14H,13H2,1-3H3. The first kappa shape index (κ1) is 21.3. The first-order chi connectivity index (χ1) is 15.0. The van der Waals surface area contributed by atoms with Crippen LogP contribution in [0.1, 0.15) is 41.4 Å². The van der Waals surface area contributed by atoms with Crippen LogP contribution < -0.4 is 0 Å². The molecule has 0 amide bonds. The third-order valence-electron chi connectivity index (χ3n) is 4.68. The van der Waals surface area contributed by atoms with Crippen molar-refractivity contribution in [3.63, 3.8) is 0 Å². The molecule has 2 aromatic heterocycles. The highest BCUT2D eigenvalue weighted by Gasteiger charge is 2.12. The van der Waals surface area contributed by atoms with Gasteiger partial charge < -0.3 is 9.15 Å². The molecule has 0 unspecified atom stereocenters. The molecule has 31 heavy (non-hydrogen) atoms. The van der Waals surface area contributed by atoms with E-state index >= 15 is 0 Å². The van der Waals surface area contributed by atoms with Crippen LogP contribution in [0.4, 0.5) is 0 Å². The molecule has 0 radical (unpaired) electrons. The highest BCUT2D eigenvalue weighted by atomic mass is 32.2. The maximum atomic E-state index is 11.6. The van der Waals surface area contributed by atoms with Crippen LogP contribution in [0.3, 0.4) is 0 Å². The van der Waals surface area contributed by atoms with Gasteiger partial charge in [-0.2, -0.15) is 0 Å². The molecule has 0 atom stereocenters. The summed E-state index contributed by atoms with van der Waals surface area (Å²) in [6.45, 7) is 4.33. The molecule has 0 saturated heterocycles. The Labute approximate surface area is 188 Å². The maximum absolute atomic E-state index is 11.6. The molecular formula is C23H21N3O3S2. The second-order valence-corrected chi connectivity index (χ2v) is 8.94. The minimum Gasteiger partial charge on any atom is -0.465 e. The fraction of sp³-hybridized carbons (Fsp3) is 0.217. The topological polar surface area (TPSA) is 78.1 Å². The summed E-state index contributed by atoms with van der Waals surface area (Å²) in [6, 6.07) is 15.4. The summed E-state index contributed by atoms with van der Waals surface area (Å²) >= 11 is 3.01. The van der Waals surface area contributed by atoms with Gasteiger partial charge in [-0.25, -0.2) is 9.78 Å². The molecule has 6 nitrogen and oxygen atoms in total. The van der Waals surface area contributed by atoms with Crippen molar-refractivity contribution in [2.24, 2.45) is 0 Å². The van der Waals surface area contributed by atoms with Gasteiger partial charge in [0.2, 0.25) is 5.89 Å². The Bertz CT molecular complexity index is 1170. The summed E-state index contributed by atoms with van der Waals surface area (Å²) in [7, 11) is 1.37. The largest absolute Gasteiger partial charge is 0.465 e. The maximum Gasteiger partial charge on any atom is 0.337 e. The van der Waals surface area contributed by atoms with E-state index in [0.717, 1.165) is 21.8 Å². The molecule has 158 valence electrons. The van der Waals surface area contributed by atoms with Crippen molar-refractivity contribution in [2.75, 3.05) is 7.11 Å². The highest BCUT2D eigenvalue weighted by molar-refractivity contribution is 7.98. The summed E-state index contributed by atoms with van der Waals surface area (Å²) in [5.74, 6) is 1.28. The minimum atomic E-state index is -0.349. The fourth-order valence-electron chi connectivity index (χ4n) is 2.90. The molecule has 0 fully saturated rings. The normalized spacial score (nSPS) is 11.1. The van der Waals surface area contributed by atoms with E-state index in [1.807, 2.05) is 29.6 Å². The van der Waals surface area contributed by atoms with E-state index in [9.17, 15) is 4.79 Å². The molecule has 2 aromatic carbocycles. The lowest BCUT2D eigenvalue weighted by atomic mass is 10.0. The number of nitrogens with zero attached hydrogens (tertiary/aromatic N) is 3. The molecule has 0 aliphatic heterocycles. The van der Waals surface area contributed by atoms with E-state index in [1.54, 1.807) is 23.5 Å². The van der Waals surface area contributed by atoms with Gasteiger partial charge in [0.1, 0.15) is 5.01 Å². The third-order valence-corrected chi connectivity index (χ3v) is 6.47. The number of carbonyl (C=O) groups excluding carboxylic acids is 1. The van der Waals surface area contributed by atoms with Crippen molar-refractivity contribution in [2.45, 2.75) is 30.7 Å². The molecule has 0 saturated carbocycles. The van der Waals surface area contributed by atoms with Gasteiger partial charge in [0.25, 0.3) is 5.22 Å². The Morgan fingerprint density at radius 3 is 2.45 bits per heavy atom. The van der Waals surface area contributed by atoms with E-state index in [4.69, 9.17) is 9.15 Å². The lowest BCUT2D eigenvalue weighted by Crippen LogP contribution is -2.00. The van der Waals surface area contributed by atoms with Crippen LogP contribution in [0.2, 0.25) is 0 Å². The van der Waals surface area contributed by atoms with E-state index in [-0.39, 0.29) is 5.97 Å². The number of rotatable bonds is 7. The van der Waals surface area contributed by atoms with Gasteiger partial charge in [0, 0.05) is 22.3 Å². The molecule has 0 bridgehead atoms.